The zero-order valence-electron chi connectivity index (χ0n) is 11.9. The van der Waals surface area contributed by atoms with Gasteiger partial charge in [-0.25, -0.2) is 19.9 Å². The van der Waals surface area contributed by atoms with Crippen LogP contribution in [0, 0.1) is 13.8 Å². The van der Waals surface area contributed by atoms with E-state index in [1.807, 2.05) is 14.1 Å². The molecule has 7 nitrogen and oxygen atoms in total. The first kappa shape index (κ1) is 13.9. The second-order valence-electron chi connectivity index (χ2n) is 4.52. The number of carbonyl (C=O) groups is 1. The number of amides is 1. The molecule has 0 saturated carbocycles. The summed E-state index contributed by atoms with van der Waals surface area (Å²) in [6.45, 7) is 3.56. The first-order valence-electron chi connectivity index (χ1n) is 6.08. The topological polar surface area (TPSA) is 83.9 Å². The van der Waals surface area contributed by atoms with Gasteiger partial charge in [0.2, 0.25) is 0 Å². The van der Waals surface area contributed by atoms with Crippen molar-refractivity contribution in [1.29, 1.82) is 0 Å². The van der Waals surface area contributed by atoms with Crippen LogP contribution in [0.5, 0.6) is 0 Å². The highest BCUT2D eigenvalue weighted by Crippen LogP contribution is 2.20. The zero-order chi connectivity index (χ0) is 14.7. The highest BCUT2D eigenvalue weighted by atomic mass is 16.1. The SMILES string of the molecule is Cc1ncc(C(=O)Nc2cncnc2N(C)C)c(C)n1. The summed E-state index contributed by atoms with van der Waals surface area (Å²) in [6, 6.07) is 0. The van der Waals surface area contributed by atoms with Gasteiger partial charge >= 0.3 is 0 Å². The number of nitrogens with zero attached hydrogens (tertiary/aromatic N) is 5. The number of aromatic nitrogens is 4. The molecule has 2 rings (SSSR count). The van der Waals surface area contributed by atoms with Gasteiger partial charge in [0.25, 0.3) is 5.91 Å². The van der Waals surface area contributed by atoms with E-state index in [4.69, 9.17) is 0 Å². The van der Waals surface area contributed by atoms with Crippen LogP contribution in [0.1, 0.15) is 21.9 Å². The Morgan fingerprint density at radius 3 is 2.60 bits per heavy atom. The molecule has 0 radical (unpaired) electrons. The van der Waals surface area contributed by atoms with Crippen molar-refractivity contribution in [3.05, 3.63) is 35.8 Å². The van der Waals surface area contributed by atoms with E-state index < -0.39 is 0 Å². The Kier molecular flexibility index (Phi) is 3.88. The molecule has 2 aromatic rings. The molecule has 2 aromatic heterocycles. The number of rotatable bonds is 3. The van der Waals surface area contributed by atoms with E-state index >= 15 is 0 Å². The average Bonchev–Trinajstić information content (AvgIpc) is 2.38. The summed E-state index contributed by atoms with van der Waals surface area (Å²) in [5, 5.41) is 2.78. The van der Waals surface area contributed by atoms with E-state index in [9.17, 15) is 4.79 Å². The normalized spacial score (nSPS) is 10.2. The fourth-order valence-corrected chi connectivity index (χ4v) is 1.76. The Labute approximate surface area is 117 Å². The fourth-order valence-electron chi connectivity index (χ4n) is 1.76. The van der Waals surface area contributed by atoms with Crippen molar-refractivity contribution in [3.8, 4) is 0 Å². The Balaban J connectivity index is 2.28. The van der Waals surface area contributed by atoms with Gasteiger partial charge < -0.3 is 10.2 Å². The summed E-state index contributed by atoms with van der Waals surface area (Å²) in [6.07, 6.45) is 4.52. The van der Waals surface area contributed by atoms with Gasteiger partial charge in [0, 0.05) is 20.3 Å². The summed E-state index contributed by atoms with van der Waals surface area (Å²) >= 11 is 0. The van der Waals surface area contributed by atoms with E-state index in [2.05, 4.69) is 25.3 Å². The molecule has 0 bridgehead atoms. The highest BCUT2D eigenvalue weighted by molar-refractivity contribution is 6.06. The lowest BCUT2D eigenvalue weighted by Gasteiger charge is -2.15. The van der Waals surface area contributed by atoms with Crippen LogP contribution in [0.25, 0.3) is 0 Å². The van der Waals surface area contributed by atoms with Gasteiger partial charge in [-0.3, -0.25) is 4.79 Å². The molecule has 104 valence electrons. The molecule has 20 heavy (non-hydrogen) atoms. The molecule has 0 fully saturated rings. The molecule has 0 aliphatic rings. The van der Waals surface area contributed by atoms with Gasteiger partial charge in [-0.15, -0.1) is 0 Å². The zero-order valence-corrected chi connectivity index (χ0v) is 11.9. The number of carbonyl (C=O) groups excluding carboxylic acids is 1. The monoisotopic (exact) mass is 272 g/mol. The third kappa shape index (κ3) is 2.87. The van der Waals surface area contributed by atoms with Crippen molar-refractivity contribution in [2.75, 3.05) is 24.3 Å². The molecule has 2 heterocycles. The third-order valence-corrected chi connectivity index (χ3v) is 2.71. The number of anilines is 2. The fraction of sp³-hybridized carbons (Fsp3) is 0.308. The van der Waals surface area contributed by atoms with E-state index in [1.54, 1.807) is 24.9 Å². The molecule has 0 saturated heterocycles. The van der Waals surface area contributed by atoms with Crippen LogP contribution in [0.3, 0.4) is 0 Å². The van der Waals surface area contributed by atoms with Crippen LogP contribution >= 0.6 is 0 Å². The highest BCUT2D eigenvalue weighted by Gasteiger charge is 2.14. The van der Waals surface area contributed by atoms with Crippen molar-refractivity contribution in [1.82, 2.24) is 19.9 Å². The Morgan fingerprint density at radius 1 is 1.20 bits per heavy atom. The molecule has 0 unspecified atom stereocenters. The van der Waals surface area contributed by atoms with Gasteiger partial charge in [0.05, 0.1) is 17.5 Å². The summed E-state index contributed by atoms with van der Waals surface area (Å²) in [4.78, 5) is 30.3. The molecule has 1 N–H and O–H groups in total. The number of hydrogen-bond donors (Lipinski definition) is 1. The molecular weight excluding hydrogens is 256 g/mol. The predicted molar refractivity (Wildman–Crippen MR) is 75.8 cm³/mol. The largest absolute Gasteiger partial charge is 0.361 e. The third-order valence-electron chi connectivity index (χ3n) is 2.71. The minimum atomic E-state index is -0.277. The lowest BCUT2D eigenvalue weighted by molar-refractivity contribution is 0.102. The first-order chi connectivity index (χ1) is 9.49. The van der Waals surface area contributed by atoms with Crippen molar-refractivity contribution in [3.63, 3.8) is 0 Å². The second kappa shape index (κ2) is 5.60. The smallest absolute Gasteiger partial charge is 0.259 e. The average molecular weight is 272 g/mol. The van der Waals surface area contributed by atoms with Crippen LogP contribution in [-0.2, 0) is 0 Å². The minimum absolute atomic E-state index is 0.277. The Morgan fingerprint density at radius 2 is 1.95 bits per heavy atom. The van der Waals surface area contributed by atoms with Gasteiger partial charge in [-0.2, -0.15) is 0 Å². The van der Waals surface area contributed by atoms with E-state index in [1.165, 1.54) is 12.5 Å². The van der Waals surface area contributed by atoms with Crippen LogP contribution in [0.4, 0.5) is 11.5 Å². The summed E-state index contributed by atoms with van der Waals surface area (Å²) in [5.74, 6) is 0.996. The molecule has 7 heteroatoms. The molecule has 0 aliphatic carbocycles. The molecule has 1 amide bonds. The van der Waals surface area contributed by atoms with Crippen LogP contribution < -0.4 is 10.2 Å². The molecule has 0 atom stereocenters. The van der Waals surface area contributed by atoms with Crippen LogP contribution in [-0.4, -0.2) is 39.9 Å². The summed E-state index contributed by atoms with van der Waals surface area (Å²) in [7, 11) is 3.69. The van der Waals surface area contributed by atoms with E-state index in [0.717, 1.165) is 0 Å². The Bertz CT molecular complexity index is 641. The maximum atomic E-state index is 12.3. The predicted octanol–water partition coefficient (Wildman–Crippen LogP) is 1.20. The molecule has 0 aliphatic heterocycles. The Hall–Kier alpha value is -2.57. The van der Waals surface area contributed by atoms with Gasteiger partial charge in [0.1, 0.15) is 17.8 Å². The first-order valence-corrected chi connectivity index (χ1v) is 6.08. The molecule has 0 spiro atoms. The lowest BCUT2D eigenvalue weighted by Crippen LogP contribution is -2.19. The summed E-state index contributed by atoms with van der Waals surface area (Å²) in [5.41, 5.74) is 1.62. The van der Waals surface area contributed by atoms with Crippen molar-refractivity contribution in [2.24, 2.45) is 0 Å². The number of aryl methyl sites for hydroxylation is 2. The molecular formula is C13H16N6O. The second-order valence-corrected chi connectivity index (χ2v) is 4.52. The van der Waals surface area contributed by atoms with Crippen LogP contribution in [0.2, 0.25) is 0 Å². The maximum Gasteiger partial charge on any atom is 0.259 e. The van der Waals surface area contributed by atoms with Crippen molar-refractivity contribution in [2.45, 2.75) is 13.8 Å². The minimum Gasteiger partial charge on any atom is -0.361 e. The number of hydrogen-bond acceptors (Lipinski definition) is 6. The maximum absolute atomic E-state index is 12.3. The number of nitrogens with one attached hydrogen (secondary N) is 1. The van der Waals surface area contributed by atoms with E-state index in [0.29, 0.717) is 28.6 Å². The van der Waals surface area contributed by atoms with Crippen molar-refractivity contribution >= 4 is 17.4 Å². The van der Waals surface area contributed by atoms with Crippen LogP contribution in [0.15, 0.2) is 18.7 Å². The van der Waals surface area contributed by atoms with Gasteiger partial charge in [-0.05, 0) is 13.8 Å². The van der Waals surface area contributed by atoms with Gasteiger partial charge in [-0.1, -0.05) is 0 Å². The quantitative estimate of drug-likeness (QED) is 0.904. The van der Waals surface area contributed by atoms with E-state index in [-0.39, 0.29) is 5.91 Å². The van der Waals surface area contributed by atoms with Gasteiger partial charge in [0.15, 0.2) is 5.82 Å². The van der Waals surface area contributed by atoms with Crippen molar-refractivity contribution < 1.29 is 4.79 Å². The summed E-state index contributed by atoms with van der Waals surface area (Å²) < 4.78 is 0. The standard InChI is InChI=1S/C13H16N6O/c1-8-10(5-15-9(2)17-8)13(20)18-11-6-14-7-16-12(11)19(3)4/h5-7H,1-4H3,(H,18,20). The lowest BCUT2D eigenvalue weighted by atomic mass is 10.2. The molecule has 0 aromatic carbocycles.